The Labute approximate surface area is 123 Å². The maximum absolute atomic E-state index is 14.1. The van der Waals surface area contributed by atoms with Crippen LogP contribution in [0, 0.1) is 5.82 Å². The van der Waals surface area contributed by atoms with Crippen LogP contribution in [0.5, 0.6) is 0 Å². The molecule has 0 aliphatic rings. The quantitative estimate of drug-likeness (QED) is 0.821. The van der Waals surface area contributed by atoms with Gasteiger partial charge in [0.15, 0.2) is 5.16 Å². The van der Waals surface area contributed by atoms with E-state index in [1.54, 1.807) is 24.5 Å². The molecule has 0 aliphatic heterocycles. The number of hydrogen-bond acceptors (Lipinski definition) is 4. The Morgan fingerprint density at radius 2 is 2.00 bits per heavy atom. The van der Waals surface area contributed by atoms with Crippen molar-refractivity contribution in [3.8, 4) is 0 Å². The normalized spacial score (nSPS) is 12.3. The van der Waals surface area contributed by atoms with E-state index in [2.05, 4.69) is 22.2 Å². The molecule has 3 nitrogen and oxygen atoms in total. The smallest absolute Gasteiger partial charge is 0.192 e. The predicted octanol–water partition coefficient (Wildman–Crippen LogP) is 3.83. The zero-order valence-electron chi connectivity index (χ0n) is 11.6. The summed E-state index contributed by atoms with van der Waals surface area (Å²) in [6.45, 7) is 5.06. The highest BCUT2D eigenvalue weighted by atomic mass is 32.2. The van der Waals surface area contributed by atoms with Crippen molar-refractivity contribution in [2.45, 2.75) is 36.4 Å². The number of halogens is 1. The summed E-state index contributed by atoms with van der Waals surface area (Å²) in [4.78, 5) is 8.88. The molecule has 106 valence electrons. The van der Waals surface area contributed by atoms with Gasteiger partial charge in [-0.1, -0.05) is 19.1 Å². The molecule has 1 atom stereocenters. The van der Waals surface area contributed by atoms with E-state index in [1.807, 2.05) is 13.0 Å². The largest absolute Gasteiger partial charge is 0.310 e. The van der Waals surface area contributed by atoms with E-state index in [9.17, 15) is 4.39 Å². The van der Waals surface area contributed by atoms with Crippen LogP contribution in [0.3, 0.4) is 0 Å². The third-order valence-corrected chi connectivity index (χ3v) is 3.93. The fraction of sp³-hybridized carbons (Fsp3) is 0.333. The van der Waals surface area contributed by atoms with Crippen LogP contribution in [0.25, 0.3) is 0 Å². The molecule has 0 radical (unpaired) electrons. The molecule has 0 fully saturated rings. The van der Waals surface area contributed by atoms with Gasteiger partial charge in [0.25, 0.3) is 0 Å². The minimum Gasteiger partial charge on any atom is -0.310 e. The van der Waals surface area contributed by atoms with Gasteiger partial charge in [-0.2, -0.15) is 0 Å². The van der Waals surface area contributed by atoms with Gasteiger partial charge in [0, 0.05) is 18.4 Å². The summed E-state index contributed by atoms with van der Waals surface area (Å²) in [5.41, 5.74) is 0.941. The number of nitrogens with one attached hydrogen (secondary N) is 1. The summed E-state index contributed by atoms with van der Waals surface area (Å²) in [6, 6.07) is 7.00. The second kappa shape index (κ2) is 7.36. The maximum atomic E-state index is 14.1. The van der Waals surface area contributed by atoms with Crippen LogP contribution in [0.2, 0.25) is 0 Å². The fourth-order valence-corrected chi connectivity index (χ4v) is 2.81. The second-order valence-electron chi connectivity index (χ2n) is 4.47. The first-order valence-electron chi connectivity index (χ1n) is 6.69. The molecule has 1 N–H and O–H groups in total. The van der Waals surface area contributed by atoms with Crippen LogP contribution in [-0.2, 0) is 0 Å². The summed E-state index contributed by atoms with van der Waals surface area (Å²) in [7, 11) is 0. The Kier molecular flexibility index (Phi) is 5.49. The second-order valence-corrected chi connectivity index (χ2v) is 5.44. The molecule has 0 aliphatic carbocycles. The van der Waals surface area contributed by atoms with Gasteiger partial charge in [-0.05, 0) is 49.3 Å². The SMILES string of the molecule is CCCNC(C)c1cccc(F)c1Sc1ncccn1. The fourth-order valence-electron chi connectivity index (χ4n) is 1.87. The number of benzene rings is 1. The third-order valence-electron chi connectivity index (χ3n) is 2.90. The number of nitrogens with zero attached hydrogens (tertiary/aromatic N) is 2. The van der Waals surface area contributed by atoms with Crippen molar-refractivity contribution in [3.63, 3.8) is 0 Å². The Morgan fingerprint density at radius 1 is 1.25 bits per heavy atom. The van der Waals surface area contributed by atoms with Gasteiger partial charge in [-0.25, -0.2) is 14.4 Å². The minimum absolute atomic E-state index is 0.0943. The molecule has 1 unspecified atom stereocenters. The topological polar surface area (TPSA) is 37.8 Å². The molecule has 1 aromatic carbocycles. The van der Waals surface area contributed by atoms with E-state index in [-0.39, 0.29) is 11.9 Å². The van der Waals surface area contributed by atoms with Gasteiger partial charge >= 0.3 is 0 Å². The summed E-state index contributed by atoms with van der Waals surface area (Å²) < 4.78 is 14.1. The average Bonchev–Trinajstić information content (AvgIpc) is 2.48. The van der Waals surface area contributed by atoms with E-state index in [0.717, 1.165) is 18.5 Å². The molecule has 0 saturated carbocycles. The molecule has 5 heteroatoms. The Balaban J connectivity index is 2.26. The van der Waals surface area contributed by atoms with Crippen molar-refractivity contribution in [2.24, 2.45) is 0 Å². The van der Waals surface area contributed by atoms with E-state index in [1.165, 1.54) is 17.8 Å². The van der Waals surface area contributed by atoms with Gasteiger partial charge in [0.1, 0.15) is 5.82 Å². The lowest BCUT2D eigenvalue weighted by Gasteiger charge is -2.17. The highest BCUT2D eigenvalue weighted by Gasteiger charge is 2.15. The highest BCUT2D eigenvalue weighted by Crippen LogP contribution is 2.33. The molecule has 1 aromatic heterocycles. The van der Waals surface area contributed by atoms with Gasteiger partial charge in [-0.15, -0.1) is 0 Å². The lowest BCUT2D eigenvalue weighted by atomic mass is 10.1. The first-order chi connectivity index (χ1) is 9.72. The Hall–Kier alpha value is -1.46. The number of aromatic nitrogens is 2. The minimum atomic E-state index is -0.231. The molecule has 0 saturated heterocycles. The van der Waals surface area contributed by atoms with Crippen molar-refractivity contribution in [2.75, 3.05) is 6.54 Å². The summed E-state index contributed by atoms with van der Waals surface area (Å²) in [5.74, 6) is -0.231. The van der Waals surface area contributed by atoms with Gasteiger partial charge in [-0.3, -0.25) is 0 Å². The summed E-state index contributed by atoms with van der Waals surface area (Å²) >= 11 is 1.27. The van der Waals surface area contributed by atoms with Crippen LogP contribution in [-0.4, -0.2) is 16.5 Å². The lowest BCUT2D eigenvalue weighted by Crippen LogP contribution is -2.20. The van der Waals surface area contributed by atoms with Gasteiger partial charge < -0.3 is 5.32 Å². The zero-order chi connectivity index (χ0) is 14.4. The van der Waals surface area contributed by atoms with Gasteiger partial charge in [0.2, 0.25) is 0 Å². The molecular weight excluding hydrogens is 273 g/mol. The summed E-state index contributed by atoms with van der Waals surface area (Å²) in [5, 5.41) is 3.94. The maximum Gasteiger partial charge on any atom is 0.192 e. The van der Waals surface area contributed by atoms with Crippen molar-refractivity contribution in [3.05, 3.63) is 48.0 Å². The van der Waals surface area contributed by atoms with Crippen molar-refractivity contribution >= 4 is 11.8 Å². The molecule has 0 bridgehead atoms. The molecule has 2 aromatic rings. The Bertz CT molecular complexity index is 548. The molecular formula is C15H18FN3S. The molecule has 1 heterocycles. The van der Waals surface area contributed by atoms with Crippen LogP contribution < -0.4 is 5.32 Å². The van der Waals surface area contributed by atoms with Crippen molar-refractivity contribution in [1.29, 1.82) is 0 Å². The first kappa shape index (κ1) is 14.9. The van der Waals surface area contributed by atoms with Gasteiger partial charge in [0.05, 0.1) is 4.90 Å². The summed E-state index contributed by atoms with van der Waals surface area (Å²) in [6.07, 6.45) is 4.37. The van der Waals surface area contributed by atoms with Crippen molar-refractivity contribution < 1.29 is 4.39 Å². The van der Waals surface area contributed by atoms with E-state index < -0.39 is 0 Å². The average molecular weight is 291 g/mol. The molecule has 0 amide bonds. The van der Waals surface area contributed by atoms with Crippen LogP contribution in [0.1, 0.15) is 31.9 Å². The lowest BCUT2D eigenvalue weighted by molar-refractivity contribution is 0.543. The van der Waals surface area contributed by atoms with E-state index in [4.69, 9.17) is 0 Å². The monoisotopic (exact) mass is 291 g/mol. The zero-order valence-corrected chi connectivity index (χ0v) is 12.5. The van der Waals surface area contributed by atoms with E-state index >= 15 is 0 Å². The third kappa shape index (κ3) is 3.77. The predicted molar refractivity (Wildman–Crippen MR) is 79.3 cm³/mol. The first-order valence-corrected chi connectivity index (χ1v) is 7.50. The number of rotatable bonds is 6. The van der Waals surface area contributed by atoms with Crippen LogP contribution in [0.4, 0.5) is 4.39 Å². The highest BCUT2D eigenvalue weighted by molar-refractivity contribution is 7.99. The molecule has 0 spiro atoms. The standard InChI is InChI=1S/C15H18FN3S/c1-3-8-17-11(2)12-6-4-7-13(16)14(12)20-15-18-9-5-10-19-15/h4-7,9-11,17H,3,8H2,1-2H3. The van der Waals surface area contributed by atoms with Crippen molar-refractivity contribution in [1.82, 2.24) is 15.3 Å². The Morgan fingerprint density at radius 3 is 2.70 bits per heavy atom. The van der Waals surface area contributed by atoms with Crippen LogP contribution in [0.15, 0.2) is 46.7 Å². The van der Waals surface area contributed by atoms with Crippen LogP contribution >= 0.6 is 11.8 Å². The molecule has 20 heavy (non-hydrogen) atoms. The molecule has 2 rings (SSSR count). The van der Waals surface area contributed by atoms with E-state index in [0.29, 0.717) is 10.1 Å². The number of hydrogen-bond donors (Lipinski definition) is 1.